The number of ketones is 1. The molecule has 38 heavy (non-hydrogen) atoms. The number of nitrogens with one attached hydrogen (secondary N) is 1. The number of rotatable bonds is 10. The molecule has 0 unspecified atom stereocenters. The number of aryl methyl sites for hydroxylation is 1. The zero-order valence-corrected chi connectivity index (χ0v) is 21.7. The number of ether oxygens (including phenoxy) is 3. The third-order valence-corrected chi connectivity index (χ3v) is 6.16. The molecule has 1 amide bonds. The predicted molar refractivity (Wildman–Crippen MR) is 143 cm³/mol. The van der Waals surface area contributed by atoms with Crippen molar-refractivity contribution in [3.05, 3.63) is 93.4 Å². The zero-order chi connectivity index (χ0) is 27.2. The van der Waals surface area contributed by atoms with Crippen LogP contribution < -0.4 is 25.0 Å². The van der Waals surface area contributed by atoms with Gasteiger partial charge < -0.3 is 24.1 Å². The van der Waals surface area contributed by atoms with E-state index in [0.717, 1.165) is 5.56 Å². The minimum absolute atomic E-state index is 0.0357. The maximum atomic E-state index is 13.2. The SMILES string of the molecule is COc1ccc(C(=O)c2cn(CC(=O)NCCc3ccc(OC)c(OC)c3)c3nc(C)ccc3c2=O)cc1. The van der Waals surface area contributed by atoms with Crippen molar-refractivity contribution < 1.29 is 23.8 Å². The molecule has 0 aliphatic carbocycles. The highest BCUT2D eigenvalue weighted by Gasteiger charge is 2.19. The fourth-order valence-corrected chi connectivity index (χ4v) is 4.13. The molecule has 0 aliphatic heterocycles. The van der Waals surface area contributed by atoms with Gasteiger partial charge in [0.15, 0.2) is 17.3 Å². The first-order valence-corrected chi connectivity index (χ1v) is 12.0. The lowest BCUT2D eigenvalue weighted by Crippen LogP contribution is -2.31. The maximum absolute atomic E-state index is 13.2. The van der Waals surface area contributed by atoms with Gasteiger partial charge in [0.2, 0.25) is 11.3 Å². The standard InChI is InChI=1S/C29H29N3O6/c1-18-5-11-22-28(35)23(27(34)20-7-9-21(36-2)10-8-20)16-32(29(22)31-18)17-26(33)30-14-13-19-6-12-24(37-3)25(15-19)38-4/h5-12,15-16H,13-14,17H2,1-4H3,(H,30,33). The van der Waals surface area contributed by atoms with E-state index in [1.165, 1.54) is 13.3 Å². The van der Waals surface area contributed by atoms with Crippen LogP contribution in [0.4, 0.5) is 0 Å². The summed E-state index contributed by atoms with van der Waals surface area (Å²) in [7, 11) is 4.68. The van der Waals surface area contributed by atoms with E-state index in [1.807, 2.05) is 18.2 Å². The quantitative estimate of drug-likeness (QED) is 0.323. The minimum Gasteiger partial charge on any atom is -0.497 e. The van der Waals surface area contributed by atoms with Gasteiger partial charge in [0, 0.05) is 24.0 Å². The van der Waals surface area contributed by atoms with Gasteiger partial charge in [-0.1, -0.05) is 6.07 Å². The van der Waals surface area contributed by atoms with Crippen LogP contribution in [-0.4, -0.2) is 49.1 Å². The number of hydrogen-bond acceptors (Lipinski definition) is 7. The molecule has 2 aromatic heterocycles. The summed E-state index contributed by atoms with van der Waals surface area (Å²) in [6.07, 6.45) is 1.99. The Morgan fingerprint density at radius 3 is 2.34 bits per heavy atom. The van der Waals surface area contributed by atoms with Crippen LogP contribution in [0.1, 0.15) is 27.2 Å². The third kappa shape index (κ3) is 5.67. The summed E-state index contributed by atoms with van der Waals surface area (Å²) in [5.74, 6) is 1.13. The summed E-state index contributed by atoms with van der Waals surface area (Å²) in [6.45, 7) is 2.08. The fourth-order valence-electron chi connectivity index (χ4n) is 4.13. The Hall–Kier alpha value is -4.66. The van der Waals surface area contributed by atoms with Gasteiger partial charge in [0.1, 0.15) is 17.9 Å². The molecule has 4 rings (SSSR count). The Morgan fingerprint density at radius 2 is 1.66 bits per heavy atom. The Kier molecular flexibility index (Phi) is 8.06. The molecule has 0 saturated heterocycles. The fraction of sp³-hybridized carbons (Fsp3) is 0.241. The van der Waals surface area contributed by atoms with E-state index in [-0.39, 0.29) is 23.4 Å². The smallest absolute Gasteiger partial charge is 0.240 e. The van der Waals surface area contributed by atoms with E-state index in [1.54, 1.807) is 62.1 Å². The van der Waals surface area contributed by atoms with Crippen molar-refractivity contribution in [2.45, 2.75) is 19.9 Å². The number of pyridine rings is 2. The van der Waals surface area contributed by atoms with Gasteiger partial charge in [-0.05, 0) is 67.4 Å². The molecule has 0 spiro atoms. The van der Waals surface area contributed by atoms with Gasteiger partial charge in [-0.3, -0.25) is 14.4 Å². The molecule has 0 atom stereocenters. The normalized spacial score (nSPS) is 10.7. The van der Waals surface area contributed by atoms with Crippen molar-refractivity contribution in [2.24, 2.45) is 0 Å². The summed E-state index contributed by atoms with van der Waals surface area (Å²) >= 11 is 0. The molecule has 0 bridgehead atoms. The van der Waals surface area contributed by atoms with Gasteiger partial charge in [0.25, 0.3) is 0 Å². The monoisotopic (exact) mass is 515 g/mol. The number of benzene rings is 2. The highest BCUT2D eigenvalue weighted by Crippen LogP contribution is 2.27. The lowest BCUT2D eigenvalue weighted by molar-refractivity contribution is -0.121. The Balaban J connectivity index is 1.56. The minimum atomic E-state index is -0.442. The molecule has 9 heteroatoms. The second kappa shape index (κ2) is 11.6. The third-order valence-electron chi connectivity index (χ3n) is 6.16. The summed E-state index contributed by atoms with van der Waals surface area (Å²) in [4.78, 5) is 43.8. The molecule has 0 saturated carbocycles. The number of methoxy groups -OCH3 is 3. The molecule has 0 aliphatic rings. The Bertz CT molecular complexity index is 1540. The van der Waals surface area contributed by atoms with E-state index >= 15 is 0 Å². The molecular weight excluding hydrogens is 486 g/mol. The van der Waals surface area contributed by atoms with Crippen molar-refractivity contribution in [2.75, 3.05) is 27.9 Å². The van der Waals surface area contributed by atoms with Crippen LogP contribution in [0, 0.1) is 6.92 Å². The zero-order valence-electron chi connectivity index (χ0n) is 21.7. The van der Waals surface area contributed by atoms with Gasteiger partial charge in [-0.25, -0.2) is 4.98 Å². The highest BCUT2D eigenvalue weighted by atomic mass is 16.5. The predicted octanol–water partition coefficient (Wildman–Crippen LogP) is 3.32. The number of hydrogen-bond donors (Lipinski definition) is 1. The first-order chi connectivity index (χ1) is 18.3. The van der Waals surface area contributed by atoms with E-state index < -0.39 is 11.2 Å². The summed E-state index contributed by atoms with van der Waals surface area (Å²) in [5, 5.41) is 3.17. The lowest BCUT2D eigenvalue weighted by Gasteiger charge is -2.14. The van der Waals surface area contributed by atoms with E-state index in [4.69, 9.17) is 14.2 Å². The topological polar surface area (TPSA) is 109 Å². The second-order valence-corrected chi connectivity index (χ2v) is 8.67. The number of fused-ring (bicyclic) bond motifs is 1. The van der Waals surface area contributed by atoms with E-state index in [2.05, 4.69) is 10.3 Å². The first kappa shape index (κ1) is 26.4. The average Bonchev–Trinajstić information content (AvgIpc) is 2.94. The van der Waals surface area contributed by atoms with Crippen LogP contribution in [0.25, 0.3) is 11.0 Å². The molecule has 0 fully saturated rings. The molecule has 1 N–H and O–H groups in total. The summed E-state index contributed by atoms with van der Waals surface area (Å²) < 4.78 is 17.3. The molecule has 2 heterocycles. The molecule has 0 radical (unpaired) electrons. The highest BCUT2D eigenvalue weighted by molar-refractivity contribution is 6.10. The van der Waals surface area contributed by atoms with Crippen molar-refractivity contribution >= 4 is 22.7 Å². The number of carbonyl (C=O) groups excluding carboxylic acids is 2. The lowest BCUT2D eigenvalue weighted by atomic mass is 10.0. The van der Waals surface area contributed by atoms with E-state index in [0.29, 0.717) is 47.1 Å². The molecule has 196 valence electrons. The maximum Gasteiger partial charge on any atom is 0.240 e. The van der Waals surface area contributed by atoms with Crippen molar-refractivity contribution in [3.8, 4) is 17.2 Å². The number of carbonyl (C=O) groups is 2. The number of aromatic nitrogens is 2. The molecule has 2 aromatic carbocycles. The van der Waals surface area contributed by atoms with Crippen LogP contribution in [0.3, 0.4) is 0 Å². The van der Waals surface area contributed by atoms with Gasteiger partial charge in [-0.15, -0.1) is 0 Å². The van der Waals surface area contributed by atoms with Crippen LogP contribution in [0.2, 0.25) is 0 Å². The Morgan fingerprint density at radius 1 is 0.921 bits per heavy atom. The van der Waals surface area contributed by atoms with Crippen LogP contribution in [-0.2, 0) is 17.8 Å². The number of amides is 1. The van der Waals surface area contributed by atoms with Crippen molar-refractivity contribution in [1.82, 2.24) is 14.9 Å². The first-order valence-electron chi connectivity index (χ1n) is 12.0. The van der Waals surface area contributed by atoms with E-state index in [9.17, 15) is 14.4 Å². The summed E-state index contributed by atoms with van der Waals surface area (Å²) in [5.41, 5.74) is 1.88. The summed E-state index contributed by atoms with van der Waals surface area (Å²) in [6, 6.07) is 15.4. The molecule has 9 nitrogen and oxygen atoms in total. The largest absolute Gasteiger partial charge is 0.497 e. The second-order valence-electron chi connectivity index (χ2n) is 8.67. The van der Waals surface area contributed by atoms with Gasteiger partial charge in [0.05, 0.1) is 32.3 Å². The number of nitrogens with zero attached hydrogens (tertiary/aromatic N) is 2. The molecular formula is C29H29N3O6. The van der Waals surface area contributed by atoms with Gasteiger partial charge >= 0.3 is 0 Å². The van der Waals surface area contributed by atoms with Crippen LogP contribution >= 0.6 is 0 Å². The molecule has 4 aromatic rings. The van der Waals surface area contributed by atoms with Crippen LogP contribution in [0.15, 0.2) is 65.6 Å². The van der Waals surface area contributed by atoms with Crippen LogP contribution in [0.5, 0.6) is 17.2 Å². The average molecular weight is 516 g/mol. The van der Waals surface area contributed by atoms with Crippen molar-refractivity contribution in [3.63, 3.8) is 0 Å². The van der Waals surface area contributed by atoms with Crippen molar-refractivity contribution in [1.29, 1.82) is 0 Å². The Labute approximate surface area is 220 Å². The van der Waals surface area contributed by atoms with Gasteiger partial charge in [-0.2, -0.15) is 0 Å².